The van der Waals surface area contributed by atoms with Gasteiger partial charge in [-0.1, -0.05) is 6.92 Å². The number of H-pyrrole nitrogens is 1. The molecule has 1 aliphatic carbocycles. The summed E-state index contributed by atoms with van der Waals surface area (Å²) in [6.45, 7) is 2.58. The summed E-state index contributed by atoms with van der Waals surface area (Å²) in [5, 5.41) is 6.44. The summed E-state index contributed by atoms with van der Waals surface area (Å²) in [7, 11) is -7.02. The number of hydrogen-bond donors (Lipinski definition) is 1. The van der Waals surface area contributed by atoms with Crippen LogP contribution in [0.15, 0.2) is 6.20 Å². The van der Waals surface area contributed by atoms with E-state index in [0.29, 0.717) is 13.0 Å². The number of sulfone groups is 1. The minimum absolute atomic E-state index is 0.101. The summed E-state index contributed by atoms with van der Waals surface area (Å²) in [6, 6.07) is 0.120. The van der Waals surface area contributed by atoms with Gasteiger partial charge in [0.15, 0.2) is 9.84 Å². The predicted octanol–water partition coefficient (Wildman–Crippen LogP) is 0.572. The summed E-state index contributed by atoms with van der Waals surface area (Å²) in [5.41, 5.74) is 2.24. The minimum Gasteiger partial charge on any atom is -0.283 e. The number of hydrogen-bond acceptors (Lipinski definition) is 7. The number of nitrogens with zero attached hydrogens (tertiary/aromatic N) is 2. The van der Waals surface area contributed by atoms with E-state index in [2.05, 4.69) is 15.1 Å². The first kappa shape index (κ1) is 19.8. The van der Waals surface area contributed by atoms with Crippen molar-refractivity contribution in [3.63, 3.8) is 0 Å². The lowest BCUT2D eigenvalue weighted by molar-refractivity contribution is 0.0131. The molecule has 3 rings (SSSR count). The first-order valence-corrected chi connectivity index (χ1v) is 12.7. The van der Waals surface area contributed by atoms with Gasteiger partial charge < -0.3 is 0 Å². The van der Waals surface area contributed by atoms with Gasteiger partial charge in [-0.15, -0.1) is 0 Å². The van der Waals surface area contributed by atoms with Gasteiger partial charge >= 0.3 is 0 Å². The molecule has 0 aromatic carbocycles. The van der Waals surface area contributed by atoms with Gasteiger partial charge in [0.1, 0.15) is 5.37 Å². The zero-order chi connectivity index (χ0) is 19.1. The molecule has 1 aliphatic heterocycles. The monoisotopic (exact) mass is 405 g/mol. The van der Waals surface area contributed by atoms with Crippen LogP contribution >= 0.6 is 0 Å². The molecule has 2 unspecified atom stereocenters. The van der Waals surface area contributed by atoms with Gasteiger partial charge in [-0.25, -0.2) is 8.42 Å². The second-order valence-electron chi connectivity index (χ2n) is 7.55. The van der Waals surface area contributed by atoms with Crippen LogP contribution in [0.3, 0.4) is 0 Å². The van der Waals surface area contributed by atoms with Gasteiger partial charge in [-0.3, -0.25) is 14.2 Å². The number of aromatic nitrogens is 2. The summed E-state index contributed by atoms with van der Waals surface area (Å²) in [5.74, 6) is -0.127. The minimum atomic E-state index is -3.62. The Morgan fingerprint density at radius 2 is 2.00 bits per heavy atom. The van der Waals surface area contributed by atoms with E-state index in [9.17, 15) is 16.8 Å². The highest BCUT2D eigenvalue weighted by Gasteiger charge is 2.48. The topological polar surface area (TPSA) is 109 Å². The molecule has 1 saturated heterocycles. The molecule has 26 heavy (non-hydrogen) atoms. The summed E-state index contributed by atoms with van der Waals surface area (Å²) in [6.07, 6.45) is 7.07. The lowest BCUT2D eigenvalue weighted by Gasteiger charge is -2.50. The molecule has 1 aromatic rings. The van der Waals surface area contributed by atoms with E-state index in [4.69, 9.17) is 4.18 Å². The van der Waals surface area contributed by atoms with E-state index >= 15 is 0 Å². The SMILES string of the molecule is CCCN1C2Cc3cn[nH]c3CC2C[C@H](COS(C)(=O)=O)[C@H]1S(C)(=O)=O. The Kier molecular flexibility index (Phi) is 5.49. The van der Waals surface area contributed by atoms with Crippen LogP contribution in [0.25, 0.3) is 0 Å². The molecular formula is C16H27N3O5S2. The Hall–Kier alpha value is -0.970. The van der Waals surface area contributed by atoms with E-state index in [-0.39, 0.29) is 24.5 Å². The Labute approximate surface area is 155 Å². The van der Waals surface area contributed by atoms with Crippen LogP contribution in [0.5, 0.6) is 0 Å². The molecule has 8 nitrogen and oxygen atoms in total. The summed E-state index contributed by atoms with van der Waals surface area (Å²) < 4.78 is 53.1. The van der Waals surface area contributed by atoms with Crippen LogP contribution < -0.4 is 0 Å². The van der Waals surface area contributed by atoms with E-state index in [1.54, 1.807) is 0 Å². The van der Waals surface area contributed by atoms with Crippen LogP contribution in [0, 0.1) is 11.8 Å². The fourth-order valence-corrected chi connectivity index (χ4v) is 6.65. The maximum absolute atomic E-state index is 12.6. The maximum atomic E-state index is 12.6. The standard InChI is InChI=1S/C16H27N3O5S2/c1-4-5-19-15-8-12-9-17-18-14(12)7-11(15)6-13(10-24-26(3,22)23)16(19)25(2,20)21/h9,11,13,15-16H,4-8,10H2,1-3H3,(H,17,18)/t11?,13-,15?,16-/m1/s1. The molecule has 1 N–H and O–H groups in total. The highest BCUT2D eigenvalue weighted by molar-refractivity contribution is 7.91. The molecule has 2 heterocycles. The number of aromatic amines is 1. The van der Waals surface area contributed by atoms with Gasteiger partial charge in [0.2, 0.25) is 0 Å². The normalized spacial score (nSPS) is 30.0. The Morgan fingerprint density at radius 3 is 2.62 bits per heavy atom. The van der Waals surface area contributed by atoms with Crippen molar-refractivity contribution < 1.29 is 21.0 Å². The van der Waals surface area contributed by atoms with E-state index < -0.39 is 25.3 Å². The fourth-order valence-electron chi connectivity index (χ4n) is 4.58. The largest absolute Gasteiger partial charge is 0.283 e. The lowest BCUT2D eigenvalue weighted by atomic mass is 9.74. The predicted molar refractivity (Wildman–Crippen MR) is 97.8 cm³/mol. The van der Waals surface area contributed by atoms with Crippen molar-refractivity contribution in [1.82, 2.24) is 15.1 Å². The van der Waals surface area contributed by atoms with Crippen molar-refractivity contribution in [2.45, 2.75) is 44.0 Å². The Bertz CT molecular complexity index is 849. The van der Waals surface area contributed by atoms with Crippen LogP contribution in [0.4, 0.5) is 0 Å². The van der Waals surface area contributed by atoms with Crippen LogP contribution in [0.2, 0.25) is 0 Å². The van der Waals surface area contributed by atoms with E-state index in [1.165, 1.54) is 6.26 Å². The zero-order valence-electron chi connectivity index (χ0n) is 15.4. The number of rotatable bonds is 6. The van der Waals surface area contributed by atoms with Gasteiger partial charge in [0, 0.05) is 23.9 Å². The second-order valence-corrected chi connectivity index (χ2v) is 11.3. The lowest BCUT2D eigenvalue weighted by Crippen LogP contribution is -2.60. The second kappa shape index (κ2) is 7.21. The third kappa shape index (κ3) is 4.13. The van der Waals surface area contributed by atoms with Crippen LogP contribution in [-0.2, 0) is 37.0 Å². The molecule has 10 heteroatoms. The molecule has 4 atom stereocenters. The fraction of sp³-hybridized carbons (Fsp3) is 0.812. The van der Waals surface area contributed by atoms with Crippen molar-refractivity contribution in [3.05, 3.63) is 17.5 Å². The molecular weight excluding hydrogens is 378 g/mol. The number of fused-ring (bicyclic) bond motifs is 2. The smallest absolute Gasteiger partial charge is 0.264 e. The third-order valence-electron chi connectivity index (χ3n) is 5.43. The quantitative estimate of drug-likeness (QED) is 0.689. The molecule has 1 aromatic heterocycles. The highest BCUT2D eigenvalue weighted by Crippen LogP contribution is 2.41. The zero-order valence-corrected chi connectivity index (χ0v) is 17.0. The first-order valence-electron chi connectivity index (χ1n) is 8.90. The first-order chi connectivity index (χ1) is 12.1. The van der Waals surface area contributed by atoms with Crippen molar-refractivity contribution in [2.75, 3.05) is 25.7 Å². The molecule has 0 spiro atoms. The number of likely N-dealkylation sites (tertiary alicyclic amines) is 1. The molecule has 0 bridgehead atoms. The van der Waals surface area contributed by atoms with Crippen molar-refractivity contribution in [2.24, 2.45) is 11.8 Å². The maximum Gasteiger partial charge on any atom is 0.264 e. The number of nitrogens with one attached hydrogen (secondary N) is 1. The summed E-state index contributed by atoms with van der Waals surface area (Å²) in [4.78, 5) is 2.07. The third-order valence-corrected chi connectivity index (χ3v) is 7.52. The molecule has 0 radical (unpaired) electrons. The van der Waals surface area contributed by atoms with E-state index in [1.807, 2.05) is 13.1 Å². The summed E-state index contributed by atoms with van der Waals surface area (Å²) >= 11 is 0. The van der Waals surface area contributed by atoms with E-state index in [0.717, 1.165) is 36.8 Å². The average Bonchev–Trinajstić information content (AvgIpc) is 2.96. The Morgan fingerprint density at radius 1 is 1.27 bits per heavy atom. The van der Waals surface area contributed by atoms with Gasteiger partial charge in [-0.2, -0.15) is 13.5 Å². The van der Waals surface area contributed by atoms with Crippen molar-refractivity contribution >= 4 is 20.0 Å². The molecule has 0 amide bonds. The molecule has 148 valence electrons. The highest BCUT2D eigenvalue weighted by atomic mass is 32.2. The molecule has 0 saturated carbocycles. The average molecular weight is 406 g/mol. The van der Waals surface area contributed by atoms with Crippen LogP contribution in [-0.4, -0.2) is 69.0 Å². The number of piperidine rings is 1. The molecule has 2 aliphatic rings. The van der Waals surface area contributed by atoms with Gasteiger partial charge in [-0.05, 0) is 43.7 Å². The van der Waals surface area contributed by atoms with Gasteiger partial charge in [0.25, 0.3) is 10.1 Å². The van der Waals surface area contributed by atoms with Crippen LogP contribution in [0.1, 0.15) is 31.0 Å². The Balaban J connectivity index is 1.95. The van der Waals surface area contributed by atoms with Gasteiger partial charge in [0.05, 0.1) is 19.1 Å². The molecule has 1 fully saturated rings. The van der Waals surface area contributed by atoms with Crippen molar-refractivity contribution in [3.8, 4) is 0 Å². The van der Waals surface area contributed by atoms with Crippen molar-refractivity contribution in [1.29, 1.82) is 0 Å².